The van der Waals surface area contributed by atoms with Gasteiger partial charge in [-0.2, -0.15) is 5.10 Å². The SMILES string of the molecule is CC[C@@H](O)c1cn(CC)nc1C. The lowest BCUT2D eigenvalue weighted by atomic mass is 10.1. The van der Waals surface area contributed by atoms with Crippen LogP contribution in [0.15, 0.2) is 6.20 Å². The molecule has 0 aliphatic rings. The molecule has 1 N–H and O–H groups in total. The Hall–Kier alpha value is -0.830. The van der Waals surface area contributed by atoms with Gasteiger partial charge >= 0.3 is 0 Å². The number of aliphatic hydroxyl groups excluding tert-OH is 1. The fourth-order valence-corrected chi connectivity index (χ4v) is 1.24. The van der Waals surface area contributed by atoms with E-state index >= 15 is 0 Å². The van der Waals surface area contributed by atoms with Gasteiger partial charge in [0.2, 0.25) is 0 Å². The molecular formula is C9H16N2O. The van der Waals surface area contributed by atoms with Crippen LogP contribution in [-0.4, -0.2) is 14.9 Å². The molecule has 0 unspecified atom stereocenters. The largest absolute Gasteiger partial charge is 0.388 e. The van der Waals surface area contributed by atoms with Gasteiger partial charge in [0.1, 0.15) is 0 Å². The first-order chi connectivity index (χ1) is 5.69. The molecule has 0 saturated heterocycles. The van der Waals surface area contributed by atoms with Crippen molar-refractivity contribution < 1.29 is 5.11 Å². The number of rotatable bonds is 3. The van der Waals surface area contributed by atoms with Crippen LogP contribution in [0.4, 0.5) is 0 Å². The minimum Gasteiger partial charge on any atom is -0.388 e. The first-order valence-electron chi connectivity index (χ1n) is 4.41. The van der Waals surface area contributed by atoms with Crippen LogP contribution in [0, 0.1) is 6.92 Å². The summed E-state index contributed by atoms with van der Waals surface area (Å²) in [6.45, 7) is 6.79. The average Bonchev–Trinajstić information content (AvgIpc) is 2.45. The van der Waals surface area contributed by atoms with Crippen LogP contribution >= 0.6 is 0 Å². The summed E-state index contributed by atoms with van der Waals surface area (Å²) in [6.07, 6.45) is 2.31. The van der Waals surface area contributed by atoms with Gasteiger partial charge in [-0.15, -0.1) is 0 Å². The van der Waals surface area contributed by atoms with Gasteiger partial charge in [0.05, 0.1) is 11.8 Å². The molecule has 0 aliphatic carbocycles. The molecular weight excluding hydrogens is 152 g/mol. The van der Waals surface area contributed by atoms with E-state index in [0.29, 0.717) is 0 Å². The van der Waals surface area contributed by atoms with Crippen molar-refractivity contribution in [1.29, 1.82) is 0 Å². The normalized spacial score (nSPS) is 13.3. The lowest BCUT2D eigenvalue weighted by molar-refractivity contribution is 0.173. The van der Waals surface area contributed by atoms with E-state index < -0.39 is 0 Å². The Kier molecular flexibility index (Phi) is 2.87. The second-order valence-corrected chi connectivity index (χ2v) is 2.95. The van der Waals surface area contributed by atoms with E-state index in [2.05, 4.69) is 5.10 Å². The Morgan fingerprint density at radius 3 is 2.67 bits per heavy atom. The number of aryl methyl sites for hydroxylation is 2. The van der Waals surface area contributed by atoms with E-state index in [4.69, 9.17) is 0 Å². The number of hydrogen-bond acceptors (Lipinski definition) is 2. The fraction of sp³-hybridized carbons (Fsp3) is 0.667. The molecule has 68 valence electrons. The maximum atomic E-state index is 9.57. The van der Waals surface area contributed by atoms with Crippen LogP contribution in [0.1, 0.15) is 37.6 Å². The predicted octanol–water partition coefficient (Wildman–Crippen LogP) is 1.65. The minimum atomic E-state index is -0.356. The smallest absolute Gasteiger partial charge is 0.0820 e. The molecule has 0 amide bonds. The van der Waals surface area contributed by atoms with Crippen LogP contribution in [0.25, 0.3) is 0 Å². The summed E-state index contributed by atoms with van der Waals surface area (Å²) in [7, 11) is 0. The van der Waals surface area contributed by atoms with Crippen molar-refractivity contribution >= 4 is 0 Å². The first-order valence-corrected chi connectivity index (χ1v) is 4.41. The Morgan fingerprint density at radius 1 is 1.58 bits per heavy atom. The molecule has 0 fully saturated rings. The van der Waals surface area contributed by atoms with Crippen LogP contribution in [-0.2, 0) is 6.54 Å². The van der Waals surface area contributed by atoms with Gasteiger partial charge in [-0.1, -0.05) is 6.92 Å². The van der Waals surface area contributed by atoms with Gasteiger partial charge in [0.25, 0.3) is 0 Å². The summed E-state index contributed by atoms with van der Waals surface area (Å²) in [6, 6.07) is 0. The maximum Gasteiger partial charge on any atom is 0.0820 e. The molecule has 1 aromatic rings. The van der Waals surface area contributed by atoms with E-state index in [1.165, 1.54) is 0 Å². The van der Waals surface area contributed by atoms with Crippen molar-refractivity contribution in [3.8, 4) is 0 Å². The molecule has 1 rings (SSSR count). The number of aliphatic hydroxyl groups is 1. The molecule has 0 aliphatic heterocycles. The van der Waals surface area contributed by atoms with Gasteiger partial charge in [0, 0.05) is 18.3 Å². The molecule has 1 heterocycles. The van der Waals surface area contributed by atoms with Crippen LogP contribution in [0.5, 0.6) is 0 Å². The summed E-state index contributed by atoms with van der Waals surface area (Å²) in [4.78, 5) is 0. The number of hydrogen-bond donors (Lipinski definition) is 1. The lowest BCUT2D eigenvalue weighted by Crippen LogP contribution is -1.95. The molecule has 3 heteroatoms. The molecule has 0 radical (unpaired) electrons. The molecule has 12 heavy (non-hydrogen) atoms. The van der Waals surface area contributed by atoms with Gasteiger partial charge in [0.15, 0.2) is 0 Å². The van der Waals surface area contributed by atoms with Crippen molar-refractivity contribution in [3.63, 3.8) is 0 Å². The van der Waals surface area contributed by atoms with Crippen molar-refractivity contribution in [3.05, 3.63) is 17.5 Å². The summed E-state index contributed by atoms with van der Waals surface area (Å²) in [5, 5.41) is 13.8. The van der Waals surface area contributed by atoms with Crippen molar-refractivity contribution in [1.82, 2.24) is 9.78 Å². The highest BCUT2D eigenvalue weighted by atomic mass is 16.3. The van der Waals surface area contributed by atoms with Gasteiger partial charge in [-0.05, 0) is 20.3 Å². The third kappa shape index (κ3) is 1.67. The maximum absolute atomic E-state index is 9.57. The summed E-state index contributed by atoms with van der Waals surface area (Å²) in [5.41, 5.74) is 1.89. The molecule has 0 spiro atoms. The van der Waals surface area contributed by atoms with Crippen LogP contribution < -0.4 is 0 Å². The molecule has 0 aromatic carbocycles. The van der Waals surface area contributed by atoms with Crippen molar-refractivity contribution in [2.45, 2.75) is 39.8 Å². The summed E-state index contributed by atoms with van der Waals surface area (Å²) >= 11 is 0. The Labute approximate surface area is 73.0 Å². The van der Waals surface area contributed by atoms with Crippen molar-refractivity contribution in [2.75, 3.05) is 0 Å². The zero-order chi connectivity index (χ0) is 9.14. The second kappa shape index (κ2) is 3.72. The Bertz CT molecular complexity index is 255. The van der Waals surface area contributed by atoms with Gasteiger partial charge in [-0.25, -0.2) is 0 Å². The Balaban J connectivity index is 2.91. The highest BCUT2D eigenvalue weighted by molar-refractivity contribution is 5.18. The van der Waals surface area contributed by atoms with Gasteiger partial charge in [-0.3, -0.25) is 4.68 Å². The van der Waals surface area contributed by atoms with Crippen LogP contribution in [0.2, 0.25) is 0 Å². The third-order valence-electron chi connectivity index (χ3n) is 2.05. The summed E-state index contributed by atoms with van der Waals surface area (Å²) < 4.78 is 1.85. The van der Waals surface area contributed by atoms with E-state index in [1.54, 1.807) is 0 Å². The van der Waals surface area contributed by atoms with E-state index in [9.17, 15) is 5.11 Å². The lowest BCUT2D eigenvalue weighted by Gasteiger charge is -2.04. The zero-order valence-electron chi connectivity index (χ0n) is 7.91. The quantitative estimate of drug-likeness (QED) is 0.745. The van der Waals surface area contributed by atoms with Crippen molar-refractivity contribution in [2.24, 2.45) is 0 Å². The summed E-state index contributed by atoms with van der Waals surface area (Å²) in [5.74, 6) is 0. The molecule has 1 atom stereocenters. The standard InChI is InChI=1S/C9H16N2O/c1-4-9(12)8-6-11(5-2)10-7(8)3/h6,9,12H,4-5H2,1-3H3/t9-/m1/s1. The Morgan fingerprint density at radius 2 is 2.25 bits per heavy atom. The molecule has 0 bridgehead atoms. The average molecular weight is 168 g/mol. The third-order valence-corrected chi connectivity index (χ3v) is 2.05. The predicted molar refractivity (Wildman–Crippen MR) is 47.9 cm³/mol. The minimum absolute atomic E-state index is 0.356. The van der Waals surface area contributed by atoms with E-state index in [1.807, 2.05) is 31.6 Å². The monoisotopic (exact) mass is 168 g/mol. The number of nitrogens with zero attached hydrogens (tertiary/aromatic N) is 2. The molecule has 0 saturated carbocycles. The highest BCUT2D eigenvalue weighted by Crippen LogP contribution is 2.18. The molecule has 1 aromatic heterocycles. The second-order valence-electron chi connectivity index (χ2n) is 2.95. The first kappa shape index (κ1) is 9.26. The van der Waals surface area contributed by atoms with E-state index in [0.717, 1.165) is 24.2 Å². The van der Waals surface area contributed by atoms with Gasteiger partial charge < -0.3 is 5.11 Å². The topological polar surface area (TPSA) is 38.0 Å². The van der Waals surface area contributed by atoms with E-state index in [-0.39, 0.29) is 6.10 Å². The number of aromatic nitrogens is 2. The highest BCUT2D eigenvalue weighted by Gasteiger charge is 2.11. The fourth-order valence-electron chi connectivity index (χ4n) is 1.24. The zero-order valence-corrected chi connectivity index (χ0v) is 7.91. The molecule has 3 nitrogen and oxygen atoms in total. The van der Waals surface area contributed by atoms with Crippen LogP contribution in [0.3, 0.4) is 0 Å².